The Bertz CT molecular complexity index is 189. The van der Waals surface area contributed by atoms with Crippen molar-refractivity contribution in [2.75, 3.05) is 13.2 Å². The molecule has 1 aliphatic rings. The van der Waals surface area contributed by atoms with E-state index in [-0.39, 0.29) is 24.0 Å². The average molecular weight is 171 g/mol. The predicted molar refractivity (Wildman–Crippen MR) is 46.7 cm³/mol. The molecule has 1 atom stereocenters. The number of aliphatic hydroxyl groups excluding tert-OH is 1. The van der Waals surface area contributed by atoms with Gasteiger partial charge in [-0.25, -0.2) is 0 Å². The van der Waals surface area contributed by atoms with Crippen molar-refractivity contribution in [1.29, 1.82) is 0 Å². The molecule has 0 spiro atoms. The van der Waals surface area contributed by atoms with E-state index in [1.54, 1.807) is 11.8 Å². The summed E-state index contributed by atoms with van der Waals surface area (Å²) >= 11 is 0. The van der Waals surface area contributed by atoms with Crippen LogP contribution in [0, 0.1) is 5.41 Å². The Kier molecular flexibility index (Phi) is 2.42. The van der Waals surface area contributed by atoms with Crippen molar-refractivity contribution >= 4 is 5.91 Å². The summed E-state index contributed by atoms with van der Waals surface area (Å²) in [6.45, 7) is 6.66. The standard InChI is InChI=1S/C9H17NO2/c1-7(12)10-6-9(2,3)4-8(10)5-11/h8,11H,4-6H2,1-3H3. The lowest BCUT2D eigenvalue weighted by Gasteiger charge is -2.21. The fourth-order valence-electron chi connectivity index (χ4n) is 1.93. The van der Waals surface area contributed by atoms with Gasteiger partial charge in [0.15, 0.2) is 0 Å². The number of carbonyl (C=O) groups excluding carboxylic acids is 1. The van der Waals surface area contributed by atoms with Crippen LogP contribution in [-0.2, 0) is 4.79 Å². The van der Waals surface area contributed by atoms with Crippen LogP contribution >= 0.6 is 0 Å². The fraction of sp³-hybridized carbons (Fsp3) is 0.889. The first-order valence-electron chi connectivity index (χ1n) is 4.34. The van der Waals surface area contributed by atoms with Crippen molar-refractivity contribution in [2.24, 2.45) is 5.41 Å². The molecule has 3 nitrogen and oxygen atoms in total. The minimum atomic E-state index is 0.0394. The molecule has 0 saturated carbocycles. The summed E-state index contributed by atoms with van der Waals surface area (Å²) in [5.74, 6) is 0.0691. The maximum Gasteiger partial charge on any atom is 0.219 e. The molecule has 1 amide bonds. The maximum atomic E-state index is 11.1. The summed E-state index contributed by atoms with van der Waals surface area (Å²) in [5.41, 5.74) is 0.166. The molecule has 1 aliphatic heterocycles. The van der Waals surface area contributed by atoms with Gasteiger partial charge in [-0.15, -0.1) is 0 Å². The van der Waals surface area contributed by atoms with Crippen LogP contribution < -0.4 is 0 Å². The molecule has 1 rings (SSSR count). The minimum absolute atomic E-state index is 0.0394. The number of hydrogen-bond donors (Lipinski definition) is 1. The summed E-state index contributed by atoms with van der Waals surface area (Å²) in [4.78, 5) is 12.9. The Morgan fingerprint density at radius 2 is 2.25 bits per heavy atom. The van der Waals surface area contributed by atoms with E-state index in [0.29, 0.717) is 0 Å². The molecule has 0 aliphatic carbocycles. The lowest BCUT2D eigenvalue weighted by atomic mass is 9.91. The molecular weight excluding hydrogens is 154 g/mol. The molecule has 0 bridgehead atoms. The van der Waals surface area contributed by atoms with Crippen LogP contribution in [0.25, 0.3) is 0 Å². The molecule has 1 unspecified atom stereocenters. The summed E-state index contributed by atoms with van der Waals surface area (Å²) in [6.07, 6.45) is 0.906. The molecule has 1 heterocycles. The largest absolute Gasteiger partial charge is 0.394 e. The van der Waals surface area contributed by atoms with E-state index in [0.717, 1.165) is 13.0 Å². The van der Waals surface area contributed by atoms with E-state index >= 15 is 0 Å². The van der Waals surface area contributed by atoms with Gasteiger partial charge in [-0.3, -0.25) is 4.79 Å². The van der Waals surface area contributed by atoms with Crippen LogP contribution in [0.5, 0.6) is 0 Å². The first-order valence-corrected chi connectivity index (χ1v) is 4.34. The monoisotopic (exact) mass is 171 g/mol. The number of hydrogen-bond acceptors (Lipinski definition) is 2. The summed E-state index contributed by atoms with van der Waals surface area (Å²) in [7, 11) is 0. The topological polar surface area (TPSA) is 40.5 Å². The van der Waals surface area contributed by atoms with Crippen LogP contribution in [0.1, 0.15) is 27.2 Å². The van der Waals surface area contributed by atoms with Gasteiger partial charge in [0, 0.05) is 13.5 Å². The van der Waals surface area contributed by atoms with Crippen molar-refractivity contribution in [2.45, 2.75) is 33.2 Å². The van der Waals surface area contributed by atoms with E-state index in [2.05, 4.69) is 13.8 Å². The van der Waals surface area contributed by atoms with E-state index in [1.807, 2.05) is 0 Å². The zero-order valence-corrected chi connectivity index (χ0v) is 8.00. The molecular formula is C9H17NO2. The van der Waals surface area contributed by atoms with Gasteiger partial charge in [0.05, 0.1) is 12.6 Å². The second-order valence-electron chi connectivity index (χ2n) is 4.35. The van der Waals surface area contributed by atoms with E-state index in [4.69, 9.17) is 5.11 Å². The average Bonchev–Trinajstić information content (AvgIpc) is 2.25. The molecule has 1 N–H and O–H groups in total. The van der Waals surface area contributed by atoms with Gasteiger partial charge in [-0.2, -0.15) is 0 Å². The third kappa shape index (κ3) is 1.78. The third-order valence-corrected chi connectivity index (χ3v) is 2.44. The predicted octanol–water partition coefficient (Wildman–Crippen LogP) is 0.626. The van der Waals surface area contributed by atoms with Gasteiger partial charge >= 0.3 is 0 Å². The third-order valence-electron chi connectivity index (χ3n) is 2.44. The fourth-order valence-corrected chi connectivity index (χ4v) is 1.93. The lowest BCUT2D eigenvalue weighted by molar-refractivity contribution is -0.130. The highest BCUT2D eigenvalue weighted by atomic mass is 16.3. The van der Waals surface area contributed by atoms with E-state index in [9.17, 15) is 4.79 Å². The molecule has 1 fully saturated rings. The molecule has 12 heavy (non-hydrogen) atoms. The molecule has 3 heteroatoms. The number of likely N-dealkylation sites (tertiary alicyclic amines) is 1. The van der Waals surface area contributed by atoms with Crippen LogP contribution in [0.2, 0.25) is 0 Å². The van der Waals surface area contributed by atoms with Gasteiger partial charge in [-0.05, 0) is 11.8 Å². The van der Waals surface area contributed by atoms with Crippen LogP contribution in [0.3, 0.4) is 0 Å². The lowest BCUT2D eigenvalue weighted by Crippen LogP contribution is -2.36. The summed E-state index contributed by atoms with van der Waals surface area (Å²) in [5, 5.41) is 9.02. The highest BCUT2D eigenvalue weighted by Crippen LogP contribution is 2.33. The summed E-state index contributed by atoms with van der Waals surface area (Å²) in [6, 6.07) is 0.0394. The Balaban J connectivity index is 2.69. The zero-order chi connectivity index (χ0) is 9.35. The van der Waals surface area contributed by atoms with Gasteiger partial charge < -0.3 is 10.0 Å². The smallest absolute Gasteiger partial charge is 0.219 e. The molecule has 0 aromatic heterocycles. The molecule has 0 radical (unpaired) electrons. The van der Waals surface area contributed by atoms with Crippen LogP contribution in [0.15, 0.2) is 0 Å². The number of rotatable bonds is 1. The highest BCUT2D eigenvalue weighted by molar-refractivity contribution is 5.74. The quantitative estimate of drug-likeness (QED) is 0.628. The highest BCUT2D eigenvalue weighted by Gasteiger charge is 2.37. The Morgan fingerprint density at radius 3 is 2.58 bits per heavy atom. The normalized spacial score (nSPS) is 27.7. The summed E-state index contributed by atoms with van der Waals surface area (Å²) < 4.78 is 0. The van der Waals surface area contributed by atoms with Gasteiger partial charge in [-0.1, -0.05) is 13.8 Å². The Labute approximate surface area is 73.4 Å². The number of amides is 1. The number of nitrogens with zero attached hydrogens (tertiary/aromatic N) is 1. The second kappa shape index (κ2) is 3.05. The molecule has 70 valence electrons. The van der Waals surface area contributed by atoms with Crippen LogP contribution in [-0.4, -0.2) is 35.1 Å². The van der Waals surface area contributed by atoms with Crippen molar-refractivity contribution < 1.29 is 9.90 Å². The van der Waals surface area contributed by atoms with Crippen LogP contribution in [0.4, 0.5) is 0 Å². The van der Waals surface area contributed by atoms with Crippen molar-refractivity contribution in [1.82, 2.24) is 4.90 Å². The van der Waals surface area contributed by atoms with Gasteiger partial charge in [0.25, 0.3) is 0 Å². The van der Waals surface area contributed by atoms with E-state index < -0.39 is 0 Å². The minimum Gasteiger partial charge on any atom is -0.394 e. The Hall–Kier alpha value is -0.570. The van der Waals surface area contributed by atoms with Gasteiger partial charge in [0.2, 0.25) is 5.91 Å². The van der Waals surface area contributed by atoms with Crippen molar-refractivity contribution in [3.8, 4) is 0 Å². The van der Waals surface area contributed by atoms with Gasteiger partial charge in [0.1, 0.15) is 0 Å². The Morgan fingerprint density at radius 1 is 1.67 bits per heavy atom. The van der Waals surface area contributed by atoms with Crippen molar-refractivity contribution in [3.63, 3.8) is 0 Å². The molecule has 0 aromatic rings. The zero-order valence-electron chi connectivity index (χ0n) is 8.00. The maximum absolute atomic E-state index is 11.1. The SMILES string of the molecule is CC(=O)N1CC(C)(C)CC1CO. The molecule has 0 aromatic carbocycles. The van der Waals surface area contributed by atoms with E-state index in [1.165, 1.54) is 0 Å². The number of aliphatic hydroxyl groups is 1. The number of carbonyl (C=O) groups is 1. The second-order valence-corrected chi connectivity index (χ2v) is 4.35. The first kappa shape index (κ1) is 9.52. The molecule has 1 saturated heterocycles. The first-order chi connectivity index (χ1) is 5.46. The van der Waals surface area contributed by atoms with Crippen molar-refractivity contribution in [3.05, 3.63) is 0 Å².